The van der Waals surface area contributed by atoms with Gasteiger partial charge in [0.2, 0.25) is 0 Å². The smallest absolute Gasteiger partial charge is 0.116 e. The number of aliphatic hydroxyl groups is 1. The summed E-state index contributed by atoms with van der Waals surface area (Å²) in [5, 5.41) is 9.72. The highest BCUT2D eigenvalue weighted by molar-refractivity contribution is 5.01. The van der Waals surface area contributed by atoms with Crippen LogP contribution >= 0.6 is 0 Å². The van der Waals surface area contributed by atoms with E-state index < -0.39 is 11.3 Å². The lowest BCUT2D eigenvalue weighted by atomic mass is 9.88. The summed E-state index contributed by atoms with van der Waals surface area (Å²) >= 11 is 0. The van der Waals surface area contributed by atoms with E-state index in [9.17, 15) is 9.50 Å². The minimum absolute atomic E-state index is 0.0532. The molecule has 0 saturated heterocycles. The van der Waals surface area contributed by atoms with Gasteiger partial charge in [0.1, 0.15) is 5.67 Å². The van der Waals surface area contributed by atoms with Crippen molar-refractivity contribution in [2.45, 2.75) is 57.7 Å². The fourth-order valence-corrected chi connectivity index (χ4v) is 2.49. The van der Waals surface area contributed by atoms with Gasteiger partial charge in [0.05, 0.1) is 5.60 Å². The first-order valence-electron chi connectivity index (χ1n) is 4.85. The lowest BCUT2D eigenvalue weighted by Crippen LogP contribution is -2.28. The third-order valence-electron chi connectivity index (χ3n) is 3.17. The van der Waals surface area contributed by atoms with Crippen LogP contribution < -0.4 is 0 Å². The molecule has 2 heteroatoms. The van der Waals surface area contributed by atoms with Crippen molar-refractivity contribution in [2.24, 2.45) is 5.92 Å². The van der Waals surface area contributed by atoms with Crippen molar-refractivity contribution in [2.75, 3.05) is 0 Å². The number of alkyl halides is 1. The molecule has 1 N–H and O–H groups in total. The van der Waals surface area contributed by atoms with Gasteiger partial charge < -0.3 is 5.11 Å². The van der Waals surface area contributed by atoms with Gasteiger partial charge in [0.25, 0.3) is 0 Å². The maximum Gasteiger partial charge on any atom is 0.116 e. The van der Waals surface area contributed by atoms with Gasteiger partial charge in [0, 0.05) is 6.42 Å². The van der Waals surface area contributed by atoms with Crippen molar-refractivity contribution in [3.05, 3.63) is 0 Å². The topological polar surface area (TPSA) is 20.2 Å². The van der Waals surface area contributed by atoms with E-state index in [-0.39, 0.29) is 5.92 Å². The molecule has 0 amide bonds. The number of hydrogen-bond donors (Lipinski definition) is 1. The van der Waals surface area contributed by atoms with E-state index in [1.807, 2.05) is 13.8 Å². The molecule has 0 radical (unpaired) electrons. The second-order valence-corrected chi connectivity index (χ2v) is 4.37. The summed E-state index contributed by atoms with van der Waals surface area (Å²) in [6, 6.07) is 0. The van der Waals surface area contributed by atoms with Crippen LogP contribution in [0, 0.1) is 5.92 Å². The van der Waals surface area contributed by atoms with Gasteiger partial charge in [-0.1, -0.05) is 20.3 Å². The third-order valence-corrected chi connectivity index (χ3v) is 3.17. The van der Waals surface area contributed by atoms with E-state index in [0.29, 0.717) is 19.3 Å². The van der Waals surface area contributed by atoms with Crippen molar-refractivity contribution < 1.29 is 9.50 Å². The molecule has 1 aliphatic rings. The molecule has 12 heavy (non-hydrogen) atoms. The molecule has 1 saturated carbocycles. The van der Waals surface area contributed by atoms with Gasteiger partial charge in [-0.05, 0) is 25.7 Å². The summed E-state index contributed by atoms with van der Waals surface area (Å²) in [7, 11) is 0. The molecule has 3 unspecified atom stereocenters. The molecule has 0 aromatic carbocycles. The van der Waals surface area contributed by atoms with Crippen LogP contribution in [0.3, 0.4) is 0 Å². The summed E-state index contributed by atoms with van der Waals surface area (Å²) in [5.74, 6) is 0.0532. The normalized spacial score (nSPS) is 48.2. The second kappa shape index (κ2) is 2.99. The highest BCUT2D eigenvalue weighted by atomic mass is 19.1. The predicted molar refractivity (Wildman–Crippen MR) is 47.8 cm³/mol. The molecule has 0 spiro atoms. The summed E-state index contributed by atoms with van der Waals surface area (Å²) in [6.45, 7) is 5.60. The quantitative estimate of drug-likeness (QED) is 0.682. The van der Waals surface area contributed by atoms with Gasteiger partial charge in [-0.15, -0.1) is 0 Å². The zero-order valence-corrected chi connectivity index (χ0v) is 8.23. The average molecular weight is 174 g/mol. The summed E-state index contributed by atoms with van der Waals surface area (Å²) < 4.78 is 14.0. The molecule has 0 aliphatic heterocycles. The van der Waals surface area contributed by atoms with Gasteiger partial charge in [-0.25, -0.2) is 4.39 Å². The van der Waals surface area contributed by atoms with Crippen molar-refractivity contribution in [3.63, 3.8) is 0 Å². The van der Waals surface area contributed by atoms with E-state index in [1.54, 1.807) is 6.92 Å². The van der Waals surface area contributed by atoms with Gasteiger partial charge in [0.15, 0.2) is 0 Å². The molecule has 1 fully saturated rings. The third kappa shape index (κ3) is 1.63. The lowest BCUT2D eigenvalue weighted by Gasteiger charge is -2.24. The summed E-state index contributed by atoms with van der Waals surface area (Å²) in [6.07, 6.45) is 2.30. The Balaban J connectivity index is 2.76. The molecule has 3 atom stereocenters. The van der Waals surface area contributed by atoms with Crippen molar-refractivity contribution in [1.82, 2.24) is 0 Å². The zero-order valence-electron chi connectivity index (χ0n) is 8.23. The molecule has 1 nitrogen and oxygen atoms in total. The first-order valence-corrected chi connectivity index (χ1v) is 4.85. The average Bonchev–Trinajstić information content (AvgIpc) is 2.22. The largest absolute Gasteiger partial charge is 0.390 e. The molecule has 0 aromatic rings. The number of halogens is 1. The van der Waals surface area contributed by atoms with Crippen LogP contribution in [-0.2, 0) is 0 Å². The second-order valence-electron chi connectivity index (χ2n) is 4.37. The van der Waals surface area contributed by atoms with Gasteiger partial charge in [-0.3, -0.25) is 0 Å². The summed E-state index contributed by atoms with van der Waals surface area (Å²) in [5.41, 5.74) is -1.89. The minimum atomic E-state index is -1.11. The van der Waals surface area contributed by atoms with E-state index in [1.165, 1.54) is 0 Å². The van der Waals surface area contributed by atoms with E-state index in [4.69, 9.17) is 0 Å². The van der Waals surface area contributed by atoms with Crippen LogP contribution in [-0.4, -0.2) is 16.4 Å². The highest BCUT2D eigenvalue weighted by Crippen LogP contribution is 2.48. The maximum absolute atomic E-state index is 14.0. The Hall–Kier alpha value is -0.110. The highest BCUT2D eigenvalue weighted by Gasteiger charge is 2.50. The van der Waals surface area contributed by atoms with Gasteiger partial charge in [-0.2, -0.15) is 0 Å². The lowest BCUT2D eigenvalue weighted by molar-refractivity contribution is 0.0403. The molecule has 1 aliphatic carbocycles. The molecular formula is C10H19FO. The van der Waals surface area contributed by atoms with Crippen LogP contribution in [0.1, 0.15) is 46.5 Å². The minimum Gasteiger partial charge on any atom is -0.390 e. The molecular weight excluding hydrogens is 155 g/mol. The number of rotatable bonds is 2. The summed E-state index contributed by atoms with van der Waals surface area (Å²) in [4.78, 5) is 0. The van der Waals surface area contributed by atoms with E-state index in [0.717, 1.165) is 6.42 Å². The van der Waals surface area contributed by atoms with Crippen LogP contribution in [0.4, 0.5) is 4.39 Å². The predicted octanol–water partition coefficient (Wildman–Crippen LogP) is 2.68. The Labute approximate surface area is 74.0 Å². The fraction of sp³-hybridized carbons (Fsp3) is 1.00. The van der Waals surface area contributed by atoms with Crippen LogP contribution in [0.15, 0.2) is 0 Å². The van der Waals surface area contributed by atoms with E-state index >= 15 is 0 Å². The van der Waals surface area contributed by atoms with Crippen LogP contribution in [0.25, 0.3) is 0 Å². The van der Waals surface area contributed by atoms with Crippen molar-refractivity contribution in [3.8, 4) is 0 Å². The Kier molecular flexibility index (Phi) is 2.48. The Morgan fingerprint density at radius 3 is 2.42 bits per heavy atom. The van der Waals surface area contributed by atoms with Crippen molar-refractivity contribution >= 4 is 0 Å². The molecule has 0 aromatic heterocycles. The molecule has 0 heterocycles. The Morgan fingerprint density at radius 1 is 1.50 bits per heavy atom. The first-order chi connectivity index (χ1) is 5.43. The SMILES string of the molecule is CCC1CC(C)(O)CC1(F)CC. The zero-order chi connectivity index (χ0) is 9.41. The Bertz CT molecular complexity index is 167. The molecule has 72 valence electrons. The van der Waals surface area contributed by atoms with Crippen LogP contribution in [0.5, 0.6) is 0 Å². The maximum atomic E-state index is 14.0. The standard InChI is InChI=1S/C10H19FO/c1-4-8-6-9(3,12)7-10(8,11)5-2/h8,12H,4-7H2,1-3H3. The monoisotopic (exact) mass is 174 g/mol. The van der Waals surface area contributed by atoms with Gasteiger partial charge >= 0.3 is 0 Å². The Morgan fingerprint density at radius 2 is 2.08 bits per heavy atom. The number of hydrogen-bond acceptors (Lipinski definition) is 1. The fourth-order valence-electron chi connectivity index (χ4n) is 2.49. The van der Waals surface area contributed by atoms with Crippen LogP contribution in [0.2, 0.25) is 0 Å². The van der Waals surface area contributed by atoms with E-state index in [2.05, 4.69) is 0 Å². The molecule has 0 bridgehead atoms. The first kappa shape index (κ1) is 9.97. The molecule has 1 rings (SSSR count). The van der Waals surface area contributed by atoms with Crippen molar-refractivity contribution in [1.29, 1.82) is 0 Å².